The van der Waals surface area contributed by atoms with Crippen LogP contribution in [0.3, 0.4) is 0 Å². The summed E-state index contributed by atoms with van der Waals surface area (Å²) >= 11 is 1.03. The van der Waals surface area contributed by atoms with Gasteiger partial charge in [-0.1, -0.05) is 11.3 Å². The van der Waals surface area contributed by atoms with Crippen molar-refractivity contribution in [3.63, 3.8) is 0 Å². The fourth-order valence-electron chi connectivity index (χ4n) is 0.435. The molecule has 4 nitrogen and oxygen atoms in total. The van der Waals surface area contributed by atoms with Crippen LogP contribution in [0.1, 0.15) is 0 Å². The van der Waals surface area contributed by atoms with Crippen LogP contribution >= 0.6 is 23.7 Å². The Morgan fingerprint density at radius 1 is 1.70 bits per heavy atom. The van der Waals surface area contributed by atoms with E-state index in [0.717, 1.165) is 11.3 Å². The van der Waals surface area contributed by atoms with E-state index < -0.39 is 4.92 Å². The van der Waals surface area contributed by atoms with Crippen LogP contribution in [0, 0.1) is 10.1 Å². The number of thiophene rings is 1. The Kier molecular flexibility index (Phi) is 3.11. The first-order chi connectivity index (χ1) is 4.20. The maximum Gasteiger partial charge on any atom is 0.326 e. The molecule has 0 aliphatic heterocycles. The van der Waals surface area contributed by atoms with Crippen LogP contribution in [-0.4, -0.2) is 4.92 Å². The quantitative estimate of drug-likeness (QED) is 0.528. The predicted octanol–water partition coefficient (Wildman–Crippen LogP) is 1.66. The summed E-state index contributed by atoms with van der Waals surface area (Å²) in [5, 5.41) is 11.6. The fraction of sp³-hybridized carbons (Fsp3) is 0. The molecule has 56 valence electrons. The molecule has 0 unspecified atom stereocenters. The number of nitrogen functional groups attached to an aromatic ring is 1. The highest BCUT2D eigenvalue weighted by molar-refractivity contribution is 7.13. The largest absolute Gasteiger partial charge is 0.398 e. The minimum absolute atomic E-state index is 0. The third-order valence-electron chi connectivity index (χ3n) is 0.786. The van der Waals surface area contributed by atoms with E-state index in [1.54, 1.807) is 0 Å². The predicted molar refractivity (Wildman–Crippen MR) is 42.6 cm³/mol. The van der Waals surface area contributed by atoms with E-state index in [1.165, 1.54) is 11.4 Å². The first-order valence-corrected chi connectivity index (χ1v) is 3.06. The number of nitro groups is 1. The van der Waals surface area contributed by atoms with Gasteiger partial charge in [0.2, 0.25) is 0 Å². The Labute approximate surface area is 67.2 Å². The molecule has 0 aliphatic rings. The SMILES string of the molecule is Cl.Nc1csc([N+](=O)[O-])c1. The van der Waals surface area contributed by atoms with E-state index in [9.17, 15) is 10.1 Å². The molecule has 0 bridgehead atoms. The van der Waals surface area contributed by atoms with Gasteiger partial charge >= 0.3 is 5.00 Å². The Morgan fingerprint density at radius 3 is 2.50 bits per heavy atom. The standard InChI is InChI=1S/C4H4N2O2S.ClH/c5-3-1-4(6(7)8)9-2-3;/h1-2H,5H2;1H. The normalized spacial score (nSPS) is 8.40. The summed E-state index contributed by atoms with van der Waals surface area (Å²) in [7, 11) is 0. The number of nitrogens with two attached hydrogens (primary N) is 1. The number of hydrogen-bond donors (Lipinski definition) is 1. The molecule has 0 amide bonds. The van der Waals surface area contributed by atoms with Crippen molar-refractivity contribution in [3.8, 4) is 0 Å². The van der Waals surface area contributed by atoms with Crippen LogP contribution in [0.25, 0.3) is 0 Å². The smallest absolute Gasteiger partial charge is 0.326 e. The van der Waals surface area contributed by atoms with Gasteiger partial charge in [-0.15, -0.1) is 12.4 Å². The van der Waals surface area contributed by atoms with Gasteiger partial charge in [0.1, 0.15) is 0 Å². The van der Waals surface area contributed by atoms with Crippen molar-refractivity contribution in [2.75, 3.05) is 5.73 Å². The topological polar surface area (TPSA) is 69.2 Å². The van der Waals surface area contributed by atoms with Gasteiger partial charge in [-0.3, -0.25) is 10.1 Å². The second-order valence-electron chi connectivity index (χ2n) is 1.48. The Morgan fingerprint density at radius 2 is 2.30 bits per heavy atom. The molecule has 1 rings (SSSR count). The second kappa shape index (κ2) is 3.38. The summed E-state index contributed by atoms with van der Waals surface area (Å²) < 4.78 is 0. The minimum atomic E-state index is -0.457. The molecule has 2 N–H and O–H groups in total. The zero-order valence-electron chi connectivity index (χ0n) is 4.81. The van der Waals surface area contributed by atoms with Gasteiger partial charge in [0, 0.05) is 11.1 Å². The molecule has 0 saturated heterocycles. The van der Waals surface area contributed by atoms with Gasteiger partial charge in [-0.25, -0.2) is 0 Å². The molecule has 10 heavy (non-hydrogen) atoms. The second-order valence-corrected chi connectivity index (χ2v) is 2.37. The van der Waals surface area contributed by atoms with Crippen molar-refractivity contribution < 1.29 is 4.92 Å². The third-order valence-corrected chi connectivity index (χ3v) is 1.68. The number of nitrogens with zero attached hydrogens (tertiary/aromatic N) is 1. The average molecular weight is 181 g/mol. The van der Waals surface area contributed by atoms with E-state index in [2.05, 4.69) is 0 Å². The maximum atomic E-state index is 9.97. The first-order valence-electron chi connectivity index (χ1n) is 2.18. The summed E-state index contributed by atoms with van der Waals surface area (Å²) in [5.41, 5.74) is 5.67. The lowest BCUT2D eigenvalue weighted by Gasteiger charge is -1.77. The highest BCUT2D eigenvalue weighted by Gasteiger charge is 2.06. The minimum Gasteiger partial charge on any atom is -0.398 e. The van der Waals surface area contributed by atoms with Crippen molar-refractivity contribution in [1.29, 1.82) is 0 Å². The van der Waals surface area contributed by atoms with Crippen molar-refractivity contribution in [2.45, 2.75) is 0 Å². The molecular weight excluding hydrogens is 176 g/mol. The molecule has 0 aliphatic carbocycles. The maximum absolute atomic E-state index is 9.97. The van der Waals surface area contributed by atoms with Gasteiger partial charge in [-0.05, 0) is 0 Å². The van der Waals surface area contributed by atoms with Gasteiger partial charge in [-0.2, -0.15) is 0 Å². The molecule has 0 aromatic carbocycles. The molecule has 6 heteroatoms. The van der Waals surface area contributed by atoms with Crippen molar-refractivity contribution in [2.24, 2.45) is 0 Å². The fourth-order valence-corrected chi connectivity index (χ4v) is 1.05. The average Bonchev–Trinajstić information content (AvgIpc) is 2.14. The molecule has 0 spiro atoms. The highest BCUT2D eigenvalue weighted by Crippen LogP contribution is 2.23. The molecule has 1 aromatic rings. The van der Waals surface area contributed by atoms with Gasteiger partial charge in [0.15, 0.2) is 0 Å². The van der Waals surface area contributed by atoms with Crippen LogP contribution in [-0.2, 0) is 0 Å². The van der Waals surface area contributed by atoms with Crippen molar-refractivity contribution in [1.82, 2.24) is 0 Å². The van der Waals surface area contributed by atoms with E-state index in [4.69, 9.17) is 5.73 Å². The van der Waals surface area contributed by atoms with E-state index >= 15 is 0 Å². The molecule has 0 fully saturated rings. The summed E-state index contributed by atoms with van der Waals surface area (Å²) in [6, 6.07) is 1.34. The van der Waals surface area contributed by atoms with Crippen molar-refractivity contribution in [3.05, 3.63) is 21.6 Å². The van der Waals surface area contributed by atoms with Crippen LogP contribution in [0.2, 0.25) is 0 Å². The lowest BCUT2D eigenvalue weighted by Crippen LogP contribution is -1.82. The molecule has 1 heterocycles. The Bertz CT molecular complexity index is 237. The van der Waals surface area contributed by atoms with E-state index in [-0.39, 0.29) is 17.4 Å². The summed E-state index contributed by atoms with van der Waals surface area (Å²) in [5.74, 6) is 0. The molecule has 0 atom stereocenters. The number of hydrogen-bond acceptors (Lipinski definition) is 4. The number of rotatable bonds is 1. The monoisotopic (exact) mass is 180 g/mol. The third kappa shape index (κ3) is 1.85. The van der Waals surface area contributed by atoms with Crippen LogP contribution in [0.15, 0.2) is 11.4 Å². The zero-order valence-corrected chi connectivity index (χ0v) is 6.45. The lowest BCUT2D eigenvalue weighted by molar-refractivity contribution is -0.380. The van der Waals surface area contributed by atoms with Gasteiger partial charge in [0.25, 0.3) is 0 Å². The molecule has 0 radical (unpaired) electrons. The van der Waals surface area contributed by atoms with E-state index in [0.29, 0.717) is 5.69 Å². The number of anilines is 1. The molecule has 1 aromatic heterocycles. The van der Waals surface area contributed by atoms with Gasteiger partial charge < -0.3 is 5.73 Å². The van der Waals surface area contributed by atoms with Crippen LogP contribution < -0.4 is 5.73 Å². The summed E-state index contributed by atoms with van der Waals surface area (Å²) in [6.07, 6.45) is 0. The summed E-state index contributed by atoms with van der Waals surface area (Å²) in [6.45, 7) is 0. The van der Waals surface area contributed by atoms with Crippen molar-refractivity contribution >= 4 is 34.4 Å². The van der Waals surface area contributed by atoms with E-state index in [1.807, 2.05) is 0 Å². The molecular formula is C4H5ClN2O2S. The summed E-state index contributed by atoms with van der Waals surface area (Å²) in [4.78, 5) is 9.52. The zero-order chi connectivity index (χ0) is 6.85. The number of halogens is 1. The Hall–Kier alpha value is -0.810. The first kappa shape index (κ1) is 9.19. The Balaban J connectivity index is 0.000000810. The van der Waals surface area contributed by atoms with Crippen LogP contribution in [0.5, 0.6) is 0 Å². The molecule has 0 saturated carbocycles. The highest BCUT2D eigenvalue weighted by atomic mass is 35.5. The van der Waals surface area contributed by atoms with Gasteiger partial charge in [0.05, 0.1) is 11.0 Å². The van der Waals surface area contributed by atoms with Crippen LogP contribution in [0.4, 0.5) is 10.7 Å². The lowest BCUT2D eigenvalue weighted by atomic mass is 10.5.